The Labute approximate surface area is 209 Å². The lowest BCUT2D eigenvalue weighted by molar-refractivity contribution is -0.143. The minimum absolute atomic E-state index is 0.0227. The van der Waals surface area contributed by atoms with E-state index in [4.69, 9.17) is 0 Å². The van der Waals surface area contributed by atoms with Crippen molar-refractivity contribution in [3.63, 3.8) is 0 Å². The van der Waals surface area contributed by atoms with Crippen LogP contribution in [0.25, 0.3) is 0 Å². The van der Waals surface area contributed by atoms with Gasteiger partial charge in [-0.25, -0.2) is 0 Å². The third-order valence-corrected chi connectivity index (χ3v) is 8.17. The molecule has 2 aromatic rings. The van der Waals surface area contributed by atoms with E-state index in [1.807, 2.05) is 57.8 Å². The highest BCUT2D eigenvalue weighted by molar-refractivity contribution is 7.98. The van der Waals surface area contributed by atoms with Crippen LogP contribution in [0.5, 0.6) is 0 Å². The van der Waals surface area contributed by atoms with Crippen LogP contribution in [0, 0.1) is 0 Å². The summed E-state index contributed by atoms with van der Waals surface area (Å²) in [4.78, 5) is 45.1. The average Bonchev–Trinajstić information content (AvgIpc) is 3.29. The van der Waals surface area contributed by atoms with Crippen molar-refractivity contribution in [2.24, 2.45) is 0 Å². The molecule has 0 radical (unpaired) electrons. The van der Waals surface area contributed by atoms with Crippen LogP contribution in [0.2, 0.25) is 0 Å². The Balaban J connectivity index is 1.42. The fourth-order valence-corrected chi connectivity index (χ4v) is 5.77. The summed E-state index contributed by atoms with van der Waals surface area (Å²) in [5, 5.41) is 8.34. The van der Waals surface area contributed by atoms with Crippen LogP contribution in [0.15, 0.2) is 46.7 Å². The fourth-order valence-electron chi connectivity index (χ4n) is 4.67. The summed E-state index contributed by atoms with van der Waals surface area (Å²) in [5.74, 6) is -0.122. The molecule has 3 amide bonds. The number of piperidine rings is 1. The van der Waals surface area contributed by atoms with Crippen LogP contribution < -0.4 is 10.6 Å². The molecule has 0 unspecified atom stereocenters. The maximum atomic E-state index is 13.8. The molecule has 2 aliphatic heterocycles. The SMILES string of the molecule is CSc1ccc(CC(=O)NC2(C(=O)N3CCCN(C(=O)c4cccs4)CC3)CCNCC2)cc1. The van der Waals surface area contributed by atoms with Gasteiger partial charge in [0.15, 0.2) is 0 Å². The van der Waals surface area contributed by atoms with Crippen LogP contribution in [-0.4, -0.2) is 78.6 Å². The summed E-state index contributed by atoms with van der Waals surface area (Å²) >= 11 is 3.11. The fraction of sp³-hybridized carbons (Fsp3) is 0.480. The summed E-state index contributed by atoms with van der Waals surface area (Å²) in [6.07, 6.45) is 4.14. The number of rotatable bonds is 6. The number of benzene rings is 1. The summed E-state index contributed by atoms with van der Waals surface area (Å²) < 4.78 is 0. The lowest BCUT2D eigenvalue weighted by Crippen LogP contribution is -2.64. The van der Waals surface area contributed by atoms with E-state index in [2.05, 4.69) is 10.6 Å². The van der Waals surface area contributed by atoms with Crippen LogP contribution >= 0.6 is 23.1 Å². The number of nitrogens with zero attached hydrogens (tertiary/aromatic N) is 2. The van der Waals surface area contributed by atoms with E-state index in [0.29, 0.717) is 52.1 Å². The molecule has 2 aliphatic rings. The van der Waals surface area contributed by atoms with E-state index in [1.165, 1.54) is 11.3 Å². The van der Waals surface area contributed by atoms with Crippen LogP contribution in [0.4, 0.5) is 0 Å². The number of thiophene rings is 1. The second kappa shape index (κ2) is 11.4. The summed E-state index contributed by atoms with van der Waals surface area (Å²) in [7, 11) is 0. The maximum Gasteiger partial charge on any atom is 0.263 e. The van der Waals surface area contributed by atoms with E-state index in [9.17, 15) is 14.4 Å². The molecule has 0 saturated carbocycles. The van der Waals surface area contributed by atoms with Gasteiger partial charge in [-0.3, -0.25) is 14.4 Å². The Morgan fingerprint density at radius 3 is 2.41 bits per heavy atom. The van der Waals surface area contributed by atoms with Crippen molar-refractivity contribution in [1.29, 1.82) is 0 Å². The maximum absolute atomic E-state index is 13.8. The number of thioether (sulfide) groups is 1. The van der Waals surface area contributed by atoms with Crippen molar-refractivity contribution in [1.82, 2.24) is 20.4 Å². The van der Waals surface area contributed by atoms with Gasteiger partial charge in [-0.1, -0.05) is 18.2 Å². The van der Waals surface area contributed by atoms with Gasteiger partial charge in [-0.05, 0) is 67.8 Å². The first kappa shape index (κ1) is 24.8. The van der Waals surface area contributed by atoms with Gasteiger partial charge < -0.3 is 20.4 Å². The van der Waals surface area contributed by atoms with Crippen LogP contribution in [0.1, 0.15) is 34.5 Å². The molecule has 4 rings (SSSR count). The van der Waals surface area contributed by atoms with E-state index >= 15 is 0 Å². The Hall–Kier alpha value is -2.36. The Morgan fingerprint density at radius 1 is 1.03 bits per heavy atom. The third kappa shape index (κ3) is 5.82. The van der Waals surface area contributed by atoms with Crippen LogP contribution in [0.3, 0.4) is 0 Å². The van der Waals surface area contributed by atoms with E-state index in [-0.39, 0.29) is 24.1 Å². The molecule has 2 N–H and O–H groups in total. The van der Waals surface area contributed by atoms with Gasteiger partial charge in [0.25, 0.3) is 5.91 Å². The molecule has 0 spiro atoms. The van der Waals surface area contributed by atoms with Gasteiger partial charge in [0.2, 0.25) is 11.8 Å². The highest BCUT2D eigenvalue weighted by atomic mass is 32.2. The predicted molar refractivity (Wildman–Crippen MR) is 136 cm³/mol. The lowest BCUT2D eigenvalue weighted by Gasteiger charge is -2.40. The average molecular weight is 501 g/mol. The van der Waals surface area contributed by atoms with Crippen LogP contribution in [-0.2, 0) is 16.0 Å². The summed E-state index contributed by atoms with van der Waals surface area (Å²) in [6, 6.07) is 11.7. The zero-order chi connectivity index (χ0) is 24.0. The van der Waals surface area contributed by atoms with Gasteiger partial charge >= 0.3 is 0 Å². The first-order valence-corrected chi connectivity index (χ1v) is 13.9. The molecule has 3 heterocycles. The van der Waals surface area contributed by atoms with E-state index in [1.54, 1.807) is 11.8 Å². The Kier molecular flexibility index (Phi) is 8.28. The smallest absolute Gasteiger partial charge is 0.263 e. The largest absolute Gasteiger partial charge is 0.341 e. The molecule has 182 valence electrons. The number of carbonyl (C=O) groups excluding carboxylic acids is 3. The normalized spacial score (nSPS) is 18.3. The van der Waals surface area contributed by atoms with Gasteiger partial charge in [0.05, 0.1) is 11.3 Å². The number of carbonyl (C=O) groups is 3. The highest BCUT2D eigenvalue weighted by Gasteiger charge is 2.43. The van der Waals surface area contributed by atoms with E-state index in [0.717, 1.165) is 21.8 Å². The molecule has 0 atom stereocenters. The number of nitrogens with one attached hydrogen (secondary N) is 2. The zero-order valence-corrected chi connectivity index (χ0v) is 21.2. The molecule has 2 saturated heterocycles. The molecule has 2 fully saturated rings. The first-order chi connectivity index (χ1) is 16.5. The zero-order valence-electron chi connectivity index (χ0n) is 19.5. The molecule has 0 bridgehead atoms. The minimum Gasteiger partial charge on any atom is -0.341 e. The van der Waals surface area contributed by atoms with Crippen molar-refractivity contribution >= 4 is 40.8 Å². The lowest BCUT2D eigenvalue weighted by atomic mass is 9.86. The predicted octanol–water partition coefficient (Wildman–Crippen LogP) is 2.63. The standard InChI is InChI=1S/C25H32N4O3S2/c1-33-20-7-5-19(6-8-20)18-22(30)27-25(9-11-26-12-10-25)24(32)29-14-3-13-28(15-16-29)23(31)21-4-2-17-34-21/h2,4-8,17,26H,3,9-16,18H2,1H3,(H,27,30). The molecular weight excluding hydrogens is 468 g/mol. The van der Waals surface area contributed by atoms with Gasteiger partial charge in [-0.15, -0.1) is 23.1 Å². The second-order valence-corrected chi connectivity index (χ2v) is 10.6. The van der Waals surface area contributed by atoms with Crippen molar-refractivity contribution < 1.29 is 14.4 Å². The molecule has 9 heteroatoms. The quantitative estimate of drug-likeness (QED) is 0.596. The molecule has 1 aromatic carbocycles. The Morgan fingerprint density at radius 2 is 1.74 bits per heavy atom. The molecular formula is C25H32N4O3S2. The summed E-state index contributed by atoms with van der Waals surface area (Å²) in [6.45, 7) is 3.59. The second-order valence-electron chi connectivity index (χ2n) is 8.82. The minimum atomic E-state index is -0.894. The van der Waals surface area contributed by atoms with Crippen molar-refractivity contribution in [3.05, 3.63) is 52.2 Å². The molecule has 1 aromatic heterocycles. The Bertz CT molecular complexity index is 988. The highest BCUT2D eigenvalue weighted by Crippen LogP contribution is 2.24. The molecule has 0 aliphatic carbocycles. The monoisotopic (exact) mass is 500 g/mol. The topological polar surface area (TPSA) is 81.8 Å². The van der Waals surface area contributed by atoms with E-state index < -0.39 is 5.54 Å². The molecule has 7 nitrogen and oxygen atoms in total. The molecule has 34 heavy (non-hydrogen) atoms. The first-order valence-electron chi connectivity index (χ1n) is 11.8. The summed E-state index contributed by atoms with van der Waals surface area (Å²) in [5.41, 5.74) is 0.0402. The van der Waals surface area contributed by atoms with Crippen molar-refractivity contribution in [2.45, 2.75) is 36.1 Å². The third-order valence-electron chi connectivity index (χ3n) is 6.57. The van der Waals surface area contributed by atoms with Gasteiger partial charge in [0.1, 0.15) is 5.54 Å². The van der Waals surface area contributed by atoms with Crippen molar-refractivity contribution in [3.8, 4) is 0 Å². The van der Waals surface area contributed by atoms with Gasteiger partial charge in [-0.2, -0.15) is 0 Å². The number of hydrogen-bond donors (Lipinski definition) is 2. The van der Waals surface area contributed by atoms with Gasteiger partial charge in [0, 0.05) is 31.1 Å². The van der Waals surface area contributed by atoms with Crippen molar-refractivity contribution in [2.75, 3.05) is 45.5 Å². The number of amides is 3. The number of hydrogen-bond acceptors (Lipinski definition) is 6.